The van der Waals surface area contributed by atoms with Gasteiger partial charge in [-0.1, -0.05) is 6.07 Å². The summed E-state index contributed by atoms with van der Waals surface area (Å²) in [4.78, 5) is 13.4. The van der Waals surface area contributed by atoms with Crippen LogP contribution in [-0.2, 0) is 4.74 Å². The Hall–Kier alpha value is -2.05. The number of hydrogen-bond acceptors (Lipinski definition) is 4. The maximum atomic E-state index is 12.3. The van der Waals surface area contributed by atoms with E-state index in [0.29, 0.717) is 13.1 Å². The highest BCUT2D eigenvalue weighted by atomic mass is 19.3. The lowest BCUT2D eigenvalue weighted by Crippen LogP contribution is -2.50. The minimum Gasteiger partial charge on any atom is -0.444 e. The second kappa shape index (κ2) is 5.98. The molecule has 1 heterocycles. The molecular weight excluding hydrogens is 294 g/mol. The van der Waals surface area contributed by atoms with Gasteiger partial charge < -0.3 is 20.1 Å². The lowest BCUT2D eigenvalue weighted by Gasteiger charge is -2.40. The van der Waals surface area contributed by atoms with E-state index < -0.39 is 12.2 Å². The van der Waals surface area contributed by atoms with Crippen molar-refractivity contribution in [3.63, 3.8) is 0 Å². The molecule has 1 aliphatic heterocycles. The number of ether oxygens (including phenoxy) is 2. The molecule has 0 atom stereocenters. The van der Waals surface area contributed by atoms with E-state index in [0.717, 1.165) is 5.56 Å². The molecule has 0 unspecified atom stereocenters. The van der Waals surface area contributed by atoms with Gasteiger partial charge in [-0.2, -0.15) is 8.78 Å². The molecule has 122 valence electrons. The smallest absolute Gasteiger partial charge is 0.410 e. The number of benzene rings is 1. The summed E-state index contributed by atoms with van der Waals surface area (Å²) in [5.41, 5.74) is 6.03. The fraction of sp³-hybridized carbons (Fsp3) is 0.533. The number of likely N-dealkylation sites (tertiary alicyclic amines) is 1. The maximum Gasteiger partial charge on any atom is 0.410 e. The third-order valence-electron chi connectivity index (χ3n) is 3.26. The minimum absolute atomic E-state index is 0.0387. The van der Waals surface area contributed by atoms with Crippen molar-refractivity contribution >= 4 is 11.8 Å². The number of nitrogen functional groups attached to an aromatic ring is 1. The van der Waals surface area contributed by atoms with Crippen molar-refractivity contribution in [2.45, 2.75) is 38.9 Å². The van der Waals surface area contributed by atoms with Crippen LogP contribution in [0.25, 0.3) is 0 Å². The molecule has 1 saturated heterocycles. The average molecular weight is 314 g/mol. The van der Waals surface area contributed by atoms with Gasteiger partial charge in [-0.15, -0.1) is 0 Å². The van der Waals surface area contributed by atoms with Crippen LogP contribution in [0.4, 0.5) is 19.3 Å². The quantitative estimate of drug-likeness (QED) is 0.870. The zero-order valence-electron chi connectivity index (χ0n) is 12.8. The molecule has 2 rings (SSSR count). The molecular formula is C15H20F2N2O3. The first-order valence-electron chi connectivity index (χ1n) is 6.98. The van der Waals surface area contributed by atoms with Gasteiger partial charge in [0.15, 0.2) is 0 Å². The molecule has 0 aromatic heterocycles. The van der Waals surface area contributed by atoms with Crippen LogP contribution in [-0.4, -0.2) is 36.3 Å². The lowest BCUT2D eigenvalue weighted by molar-refractivity contribution is -0.0494. The molecule has 1 amide bonds. The van der Waals surface area contributed by atoms with E-state index in [1.165, 1.54) is 12.1 Å². The van der Waals surface area contributed by atoms with Crippen molar-refractivity contribution in [2.24, 2.45) is 0 Å². The Morgan fingerprint density at radius 3 is 2.55 bits per heavy atom. The molecule has 7 heteroatoms. The van der Waals surface area contributed by atoms with E-state index >= 15 is 0 Å². The van der Waals surface area contributed by atoms with E-state index in [1.54, 1.807) is 31.7 Å². The van der Waals surface area contributed by atoms with E-state index in [9.17, 15) is 13.6 Å². The number of anilines is 1. The molecule has 0 bridgehead atoms. The summed E-state index contributed by atoms with van der Waals surface area (Å²) < 4.78 is 34.3. The Labute approximate surface area is 128 Å². The van der Waals surface area contributed by atoms with Crippen LogP contribution in [0.2, 0.25) is 0 Å². The van der Waals surface area contributed by atoms with Gasteiger partial charge in [0.05, 0.1) is 5.69 Å². The summed E-state index contributed by atoms with van der Waals surface area (Å²) in [6, 6.07) is 4.78. The molecule has 1 fully saturated rings. The van der Waals surface area contributed by atoms with Crippen LogP contribution in [0, 0.1) is 0 Å². The molecule has 1 aromatic rings. The number of halogens is 2. The van der Waals surface area contributed by atoms with Crippen LogP contribution < -0.4 is 10.5 Å². The van der Waals surface area contributed by atoms with Crippen LogP contribution in [0.5, 0.6) is 5.75 Å². The molecule has 5 nitrogen and oxygen atoms in total. The number of nitrogens with two attached hydrogens (primary N) is 1. The van der Waals surface area contributed by atoms with Gasteiger partial charge in [0.2, 0.25) is 0 Å². The third-order valence-corrected chi connectivity index (χ3v) is 3.26. The molecule has 0 spiro atoms. The predicted octanol–water partition coefficient (Wildman–Crippen LogP) is 3.20. The Morgan fingerprint density at radius 1 is 1.36 bits per heavy atom. The van der Waals surface area contributed by atoms with E-state index in [-0.39, 0.29) is 23.4 Å². The fourth-order valence-corrected chi connectivity index (χ4v) is 2.17. The largest absolute Gasteiger partial charge is 0.444 e. The highest BCUT2D eigenvalue weighted by Crippen LogP contribution is 2.33. The Kier molecular flexibility index (Phi) is 4.44. The van der Waals surface area contributed by atoms with Crippen LogP contribution >= 0.6 is 0 Å². The average Bonchev–Trinajstić information content (AvgIpc) is 2.28. The topological polar surface area (TPSA) is 64.8 Å². The molecule has 2 N–H and O–H groups in total. The second-order valence-electron chi connectivity index (χ2n) is 6.26. The number of rotatable bonds is 3. The standard InChI is InChI=1S/C15H20F2N2O3/c1-15(2,3)22-14(20)19-7-10(8-19)9-4-5-11(18)12(6-9)21-13(16)17/h4-6,10,13H,7-8,18H2,1-3H3. The highest BCUT2D eigenvalue weighted by molar-refractivity contribution is 5.69. The molecule has 1 aromatic carbocycles. The van der Waals surface area contributed by atoms with Gasteiger partial charge in [0, 0.05) is 19.0 Å². The Bertz CT molecular complexity index is 552. The number of alkyl halides is 2. The normalized spacial score (nSPS) is 15.6. The maximum absolute atomic E-state index is 12.3. The summed E-state index contributed by atoms with van der Waals surface area (Å²) in [6.07, 6.45) is -0.372. The van der Waals surface area contributed by atoms with Gasteiger partial charge in [0.25, 0.3) is 0 Å². The van der Waals surface area contributed by atoms with Crippen molar-refractivity contribution < 1.29 is 23.0 Å². The van der Waals surface area contributed by atoms with Crippen LogP contribution in [0.15, 0.2) is 18.2 Å². The first-order chi connectivity index (χ1) is 10.2. The number of hydrogen-bond donors (Lipinski definition) is 1. The van der Waals surface area contributed by atoms with Crippen LogP contribution in [0.3, 0.4) is 0 Å². The third kappa shape index (κ3) is 3.99. The zero-order chi connectivity index (χ0) is 16.5. The molecule has 1 aliphatic rings. The Balaban J connectivity index is 1.97. The molecule has 0 aliphatic carbocycles. The number of nitrogens with zero attached hydrogens (tertiary/aromatic N) is 1. The van der Waals surface area contributed by atoms with E-state index in [1.807, 2.05) is 0 Å². The first-order valence-corrected chi connectivity index (χ1v) is 6.98. The van der Waals surface area contributed by atoms with Gasteiger partial charge in [-0.3, -0.25) is 0 Å². The van der Waals surface area contributed by atoms with Crippen molar-refractivity contribution in [3.05, 3.63) is 23.8 Å². The van der Waals surface area contributed by atoms with Crippen molar-refractivity contribution in [3.8, 4) is 5.75 Å². The van der Waals surface area contributed by atoms with Crippen molar-refractivity contribution in [2.75, 3.05) is 18.8 Å². The summed E-state index contributed by atoms with van der Waals surface area (Å²) in [5, 5.41) is 0. The fourth-order valence-electron chi connectivity index (χ4n) is 2.17. The van der Waals surface area contributed by atoms with Crippen molar-refractivity contribution in [1.29, 1.82) is 0 Å². The second-order valence-corrected chi connectivity index (χ2v) is 6.26. The summed E-state index contributed by atoms with van der Waals surface area (Å²) in [7, 11) is 0. The predicted molar refractivity (Wildman–Crippen MR) is 78.0 cm³/mol. The van der Waals surface area contributed by atoms with E-state index in [2.05, 4.69) is 4.74 Å². The lowest BCUT2D eigenvalue weighted by atomic mass is 9.91. The number of carbonyl (C=O) groups excluding carboxylic acids is 1. The van der Waals surface area contributed by atoms with Gasteiger partial charge >= 0.3 is 12.7 Å². The van der Waals surface area contributed by atoms with Crippen molar-refractivity contribution in [1.82, 2.24) is 4.90 Å². The SMILES string of the molecule is CC(C)(C)OC(=O)N1CC(c2ccc(N)c(OC(F)F)c2)C1. The van der Waals surface area contributed by atoms with Crippen LogP contribution in [0.1, 0.15) is 32.3 Å². The van der Waals surface area contributed by atoms with Gasteiger partial charge in [-0.25, -0.2) is 4.79 Å². The first kappa shape index (κ1) is 16.3. The minimum atomic E-state index is -2.92. The zero-order valence-corrected chi connectivity index (χ0v) is 12.8. The summed E-state index contributed by atoms with van der Waals surface area (Å²) >= 11 is 0. The van der Waals surface area contributed by atoms with E-state index in [4.69, 9.17) is 10.5 Å². The molecule has 0 radical (unpaired) electrons. The Morgan fingerprint density at radius 2 is 2.00 bits per heavy atom. The highest BCUT2D eigenvalue weighted by Gasteiger charge is 2.34. The molecule has 22 heavy (non-hydrogen) atoms. The molecule has 0 saturated carbocycles. The van der Waals surface area contributed by atoms with Gasteiger partial charge in [-0.05, 0) is 38.5 Å². The summed E-state index contributed by atoms with van der Waals surface area (Å²) in [6.45, 7) is 3.44. The number of carbonyl (C=O) groups is 1. The number of amides is 1. The summed E-state index contributed by atoms with van der Waals surface area (Å²) in [5.74, 6) is 0.0244. The van der Waals surface area contributed by atoms with Gasteiger partial charge in [0.1, 0.15) is 11.4 Å². The monoisotopic (exact) mass is 314 g/mol.